The first-order chi connectivity index (χ1) is 13.1. The predicted molar refractivity (Wildman–Crippen MR) is 105 cm³/mol. The Morgan fingerprint density at radius 2 is 1.81 bits per heavy atom. The van der Waals surface area contributed by atoms with Crippen LogP contribution in [0.5, 0.6) is 0 Å². The molecule has 1 amide bonds. The molecule has 0 bridgehead atoms. The molecule has 1 N–H and O–H groups in total. The Morgan fingerprint density at radius 3 is 2.56 bits per heavy atom. The molecule has 140 valence electrons. The molecule has 0 spiro atoms. The van der Waals surface area contributed by atoms with Crippen molar-refractivity contribution in [2.75, 3.05) is 0 Å². The summed E-state index contributed by atoms with van der Waals surface area (Å²) in [6.45, 7) is 4.59. The molecule has 27 heavy (non-hydrogen) atoms. The number of para-hydroxylation sites is 1. The van der Waals surface area contributed by atoms with Crippen molar-refractivity contribution in [3.05, 3.63) is 71.4 Å². The fraction of sp³-hybridized carbons (Fsp3) is 0.273. The maximum absolute atomic E-state index is 12.6. The molecule has 3 rings (SSSR count). The number of hydrogen-bond acceptors (Lipinski definition) is 3. The van der Waals surface area contributed by atoms with Crippen molar-refractivity contribution in [1.29, 1.82) is 0 Å². The van der Waals surface area contributed by atoms with E-state index in [1.165, 1.54) is 5.56 Å². The van der Waals surface area contributed by atoms with Crippen LogP contribution in [0.25, 0.3) is 10.9 Å². The van der Waals surface area contributed by atoms with Crippen molar-refractivity contribution >= 4 is 22.8 Å². The normalized spacial score (nSPS) is 10.7. The second kappa shape index (κ2) is 8.54. The number of nitrogens with zero attached hydrogens (tertiary/aromatic N) is 1. The molecule has 0 aliphatic heterocycles. The SMILES string of the molecule is CCCCC(=O)ONC(=O)c1cc2ccccc2n1Cc1ccc(C)cc1. The van der Waals surface area contributed by atoms with Crippen LogP contribution < -0.4 is 5.48 Å². The minimum Gasteiger partial charge on any atom is -0.340 e. The van der Waals surface area contributed by atoms with Gasteiger partial charge in [0.2, 0.25) is 0 Å². The molecule has 0 fully saturated rings. The van der Waals surface area contributed by atoms with Crippen molar-refractivity contribution in [3.8, 4) is 0 Å². The average Bonchev–Trinajstić information content (AvgIpc) is 3.05. The summed E-state index contributed by atoms with van der Waals surface area (Å²) in [5.74, 6) is -0.852. The molecule has 2 aromatic carbocycles. The average molecular weight is 364 g/mol. The minimum absolute atomic E-state index is 0.295. The molecule has 0 aliphatic rings. The van der Waals surface area contributed by atoms with E-state index in [2.05, 4.69) is 29.7 Å². The zero-order valence-electron chi connectivity index (χ0n) is 15.7. The Labute approximate surface area is 158 Å². The number of fused-ring (bicyclic) bond motifs is 1. The predicted octanol–water partition coefficient (Wildman–Crippen LogP) is 4.38. The molecule has 0 saturated carbocycles. The summed E-state index contributed by atoms with van der Waals surface area (Å²) in [5, 5.41) is 0.965. The highest BCUT2D eigenvalue weighted by molar-refractivity contribution is 5.98. The Kier molecular flexibility index (Phi) is 5.91. The summed E-state index contributed by atoms with van der Waals surface area (Å²) in [7, 11) is 0. The first kappa shape index (κ1) is 18.7. The first-order valence-electron chi connectivity index (χ1n) is 9.22. The van der Waals surface area contributed by atoms with Crippen LogP contribution in [0.15, 0.2) is 54.6 Å². The van der Waals surface area contributed by atoms with E-state index < -0.39 is 11.9 Å². The van der Waals surface area contributed by atoms with E-state index in [0.29, 0.717) is 18.7 Å². The molecule has 5 nitrogen and oxygen atoms in total. The number of benzene rings is 2. The summed E-state index contributed by atoms with van der Waals surface area (Å²) >= 11 is 0. The van der Waals surface area contributed by atoms with Gasteiger partial charge >= 0.3 is 11.9 Å². The topological polar surface area (TPSA) is 60.3 Å². The molecule has 1 aromatic heterocycles. The van der Waals surface area contributed by atoms with Gasteiger partial charge in [0, 0.05) is 23.9 Å². The van der Waals surface area contributed by atoms with Gasteiger partial charge in [0.1, 0.15) is 5.69 Å². The van der Waals surface area contributed by atoms with E-state index >= 15 is 0 Å². The van der Waals surface area contributed by atoms with Gasteiger partial charge in [-0.2, -0.15) is 5.48 Å². The molecule has 1 heterocycles. The lowest BCUT2D eigenvalue weighted by Crippen LogP contribution is -2.29. The van der Waals surface area contributed by atoms with Gasteiger partial charge in [-0.05, 0) is 31.0 Å². The van der Waals surface area contributed by atoms with Crippen LogP contribution in [0.2, 0.25) is 0 Å². The van der Waals surface area contributed by atoms with Crippen molar-refractivity contribution in [3.63, 3.8) is 0 Å². The van der Waals surface area contributed by atoms with Crippen molar-refractivity contribution in [1.82, 2.24) is 10.0 Å². The third kappa shape index (κ3) is 4.56. The summed E-state index contributed by atoms with van der Waals surface area (Å²) < 4.78 is 1.94. The maximum atomic E-state index is 12.6. The summed E-state index contributed by atoms with van der Waals surface area (Å²) in [6, 6.07) is 17.8. The number of amides is 1. The van der Waals surface area contributed by atoms with Gasteiger partial charge in [-0.15, -0.1) is 0 Å². The van der Waals surface area contributed by atoms with Gasteiger partial charge in [-0.1, -0.05) is 61.4 Å². The van der Waals surface area contributed by atoms with Crippen LogP contribution >= 0.6 is 0 Å². The molecule has 3 aromatic rings. The number of hydroxylamine groups is 1. The number of hydrogen-bond donors (Lipinski definition) is 1. The van der Waals surface area contributed by atoms with Crippen LogP contribution in [0.3, 0.4) is 0 Å². The van der Waals surface area contributed by atoms with Gasteiger partial charge in [-0.25, -0.2) is 4.79 Å². The lowest BCUT2D eigenvalue weighted by Gasteiger charge is -2.11. The highest BCUT2D eigenvalue weighted by Gasteiger charge is 2.17. The number of nitrogens with one attached hydrogen (secondary N) is 1. The fourth-order valence-corrected chi connectivity index (χ4v) is 2.97. The fourth-order valence-electron chi connectivity index (χ4n) is 2.97. The summed E-state index contributed by atoms with van der Waals surface area (Å²) in [5.41, 5.74) is 5.99. The zero-order valence-corrected chi connectivity index (χ0v) is 15.7. The minimum atomic E-state index is -0.428. The smallest absolute Gasteiger partial charge is 0.332 e. The van der Waals surface area contributed by atoms with E-state index in [-0.39, 0.29) is 0 Å². The molecule has 0 saturated heterocycles. The molecule has 5 heteroatoms. The van der Waals surface area contributed by atoms with E-state index in [4.69, 9.17) is 4.84 Å². The largest absolute Gasteiger partial charge is 0.340 e. The number of carbonyl (C=O) groups is 2. The Balaban J connectivity index is 1.84. The van der Waals surface area contributed by atoms with Crippen LogP contribution in [-0.2, 0) is 16.2 Å². The van der Waals surface area contributed by atoms with Crippen molar-refractivity contribution < 1.29 is 14.4 Å². The van der Waals surface area contributed by atoms with Gasteiger partial charge in [0.25, 0.3) is 0 Å². The molecular formula is C22H24N2O3. The summed E-state index contributed by atoms with van der Waals surface area (Å²) in [6.07, 6.45) is 1.93. The molecule has 0 radical (unpaired) electrons. The van der Waals surface area contributed by atoms with E-state index in [1.807, 2.05) is 48.7 Å². The molecule has 0 unspecified atom stereocenters. The molecule has 0 atom stereocenters. The van der Waals surface area contributed by atoms with Crippen LogP contribution in [0, 0.1) is 6.92 Å². The van der Waals surface area contributed by atoms with Gasteiger partial charge in [0.15, 0.2) is 0 Å². The van der Waals surface area contributed by atoms with Gasteiger partial charge in [0.05, 0.1) is 0 Å². The Hall–Kier alpha value is -3.08. The summed E-state index contributed by atoms with van der Waals surface area (Å²) in [4.78, 5) is 29.2. The van der Waals surface area contributed by atoms with E-state index in [0.717, 1.165) is 29.3 Å². The highest BCUT2D eigenvalue weighted by atomic mass is 16.7. The third-order valence-electron chi connectivity index (χ3n) is 4.50. The Morgan fingerprint density at radius 1 is 1.07 bits per heavy atom. The standard InChI is InChI=1S/C22H24N2O3/c1-3-4-9-21(25)27-23-22(26)20-14-18-7-5-6-8-19(18)24(20)15-17-12-10-16(2)11-13-17/h5-8,10-14H,3-4,9,15H2,1-2H3,(H,23,26). The van der Waals surface area contributed by atoms with Crippen molar-refractivity contribution in [2.45, 2.75) is 39.7 Å². The number of carbonyl (C=O) groups excluding carboxylic acids is 2. The number of rotatable bonds is 6. The van der Waals surface area contributed by atoms with Gasteiger partial charge < -0.3 is 9.40 Å². The highest BCUT2D eigenvalue weighted by Crippen LogP contribution is 2.21. The molecular weight excluding hydrogens is 340 g/mol. The first-order valence-corrected chi connectivity index (χ1v) is 9.22. The Bertz CT molecular complexity index is 942. The van der Waals surface area contributed by atoms with Gasteiger partial charge in [-0.3, -0.25) is 4.79 Å². The van der Waals surface area contributed by atoms with Crippen molar-refractivity contribution in [2.24, 2.45) is 0 Å². The second-order valence-corrected chi connectivity index (χ2v) is 6.67. The van der Waals surface area contributed by atoms with E-state index in [1.54, 1.807) is 0 Å². The van der Waals surface area contributed by atoms with Crippen LogP contribution in [-0.4, -0.2) is 16.4 Å². The number of aromatic nitrogens is 1. The monoisotopic (exact) mass is 364 g/mol. The van der Waals surface area contributed by atoms with E-state index in [9.17, 15) is 9.59 Å². The zero-order chi connectivity index (χ0) is 19.2. The number of aryl methyl sites for hydroxylation is 1. The second-order valence-electron chi connectivity index (χ2n) is 6.67. The van der Waals surface area contributed by atoms with Crippen LogP contribution in [0.4, 0.5) is 0 Å². The maximum Gasteiger partial charge on any atom is 0.332 e. The molecule has 0 aliphatic carbocycles. The van der Waals surface area contributed by atoms with Crippen LogP contribution in [0.1, 0.15) is 47.8 Å². The number of unbranched alkanes of at least 4 members (excludes halogenated alkanes) is 1. The lowest BCUT2D eigenvalue weighted by atomic mass is 10.1. The lowest BCUT2D eigenvalue weighted by molar-refractivity contribution is -0.149. The third-order valence-corrected chi connectivity index (χ3v) is 4.50. The quantitative estimate of drug-likeness (QED) is 0.661.